The van der Waals surface area contributed by atoms with Gasteiger partial charge in [0.1, 0.15) is 6.04 Å². The number of imide groups is 1. The first kappa shape index (κ1) is 23.1. The van der Waals surface area contributed by atoms with Crippen molar-refractivity contribution >= 4 is 40.0 Å². The lowest BCUT2D eigenvalue weighted by atomic mass is 10.0. The number of nitro groups is 1. The topological polar surface area (TPSA) is 104 Å². The number of nitrogens with zero attached hydrogens (tertiary/aromatic N) is 4. The zero-order valence-electron chi connectivity index (χ0n) is 20.4. The molecule has 3 aromatic carbocycles. The van der Waals surface area contributed by atoms with E-state index in [0.717, 1.165) is 24.2 Å². The van der Waals surface area contributed by atoms with Crippen molar-refractivity contribution in [2.45, 2.75) is 50.7 Å². The molecule has 0 saturated carbocycles. The fourth-order valence-corrected chi connectivity index (χ4v) is 6.09. The molecule has 3 aliphatic heterocycles. The van der Waals surface area contributed by atoms with Crippen LogP contribution in [0.2, 0.25) is 0 Å². The number of carbonyl (C=O) groups excluding carboxylic acids is 3. The maximum Gasteiger partial charge on any atom is 0.332 e. The average molecular weight is 499 g/mol. The van der Waals surface area contributed by atoms with Crippen LogP contribution in [0.4, 0.5) is 16.2 Å². The Balaban J connectivity index is 1.29. The van der Waals surface area contributed by atoms with Crippen LogP contribution >= 0.6 is 0 Å². The highest BCUT2D eigenvalue weighted by atomic mass is 16.6. The van der Waals surface area contributed by atoms with Crippen molar-refractivity contribution < 1.29 is 19.3 Å². The Kier molecular flexibility index (Phi) is 5.43. The number of benzene rings is 3. The molecule has 3 aliphatic rings. The third kappa shape index (κ3) is 3.48. The van der Waals surface area contributed by atoms with Crippen molar-refractivity contribution in [1.82, 2.24) is 9.80 Å². The summed E-state index contributed by atoms with van der Waals surface area (Å²) in [6.45, 7) is 2.52. The minimum atomic E-state index is -0.756. The van der Waals surface area contributed by atoms with Gasteiger partial charge in [-0.3, -0.25) is 19.7 Å². The summed E-state index contributed by atoms with van der Waals surface area (Å²) in [5, 5.41) is 12.3. The van der Waals surface area contributed by atoms with E-state index in [1.165, 1.54) is 17.7 Å². The number of non-ortho nitro benzene ring substituents is 1. The highest BCUT2D eigenvalue weighted by Gasteiger charge is 2.63. The van der Waals surface area contributed by atoms with Gasteiger partial charge in [0, 0.05) is 23.6 Å². The number of nitro benzene ring substituents is 1. The molecule has 2 bridgehead atoms. The Morgan fingerprint density at radius 1 is 1.03 bits per heavy atom. The maximum atomic E-state index is 13.7. The molecular weight excluding hydrogens is 472 g/mol. The molecule has 9 nitrogen and oxygen atoms in total. The Morgan fingerprint density at radius 3 is 2.46 bits per heavy atom. The molecular formula is C28H26N4O5. The summed E-state index contributed by atoms with van der Waals surface area (Å²) in [5.74, 6) is -0.530. The summed E-state index contributed by atoms with van der Waals surface area (Å²) < 4.78 is 0. The Labute approximate surface area is 213 Å². The van der Waals surface area contributed by atoms with E-state index < -0.39 is 28.9 Å². The molecule has 3 heterocycles. The number of unbranched alkanes of at least 4 members (excludes halogenated alkanes) is 1. The predicted molar refractivity (Wildman–Crippen MR) is 137 cm³/mol. The smallest absolute Gasteiger partial charge is 0.331 e. The number of rotatable bonds is 6. The van der Waals surface area contributed by atoms with Gasteiger partial charge in [0.25, 0.3) is 17.5 Å². The molecule has 6 rings (SSSR count). The fraction of sp³-hybridized carbons (Fsp3) is 0.321. The third-order valence-electron chi connectivity index (χ3n) is 7.86. The SMILES string of the molecule is CCCCc1ccc(C(=O)N2CC3CC2C2C(=O)N(c4ccc([N+](=O)[O-])c5ccccc45)C(=O)N32)cc1. The molecule has 3 fully saturated rings. The number of urea groups is 1. The lowest BCUT2D eigenvalue weighted by molar-refractivity contribution is -0.383. The van der Waals surface area contributed by atoms with Gasteiger partial charge in [-0.2, -0.15) is 0 Å². The zero-order chi connectivity index (χ0) is 25.8. The molecule has 4 amide bonds. The molecule has 188 valence electrons. The van der Waals surface area contributed by atoms with E-state index in [0.29, 0.717) is 35.0 Å². The fourth-order valence-electron chi connectivity index (χ4n) is 6.09. The molecule has 3 unspecified atom stereocenters. The van der Waals surface area contributed by atoms with Gasteiger partial charge in [0.2, 0.25) is 0 Å². The van der Waals surface area contributed by atoms with E-state index in [-0.39, 0.29) is 17.6 Å². The van der Waals surface area contributed by atoms with Gasteiger partial charge >= 0.3 is 6.03 Å². The summed E-state index contributed by atoms with van der Waals surface area (Å²) in [4.78, 5) is 56.1. The normalized spacial score (nSPS) is 22.3. The Morgan fingerprint density at radius 2 is 1.76 bits per heavy atom. The molecule has 0 aromatic heterocycles. The van der Waals surface area contributed by atoms with Gasteiger partial charge in [-0.1, -0.05) is 43.7 Å². The summed E-state index contributed by atoms with van der Waals surface area (Å²) in [5.41, 5.74) is 2.01. The van der Waals surface area contributed by atoms with E-state index in [2.05, 4.69) is 6.92 Å². The number of likely N-dealkylation sites (tertiary alicyclic amines) is 1. The largest absolute Gasteiger partial charge is 0.332 e. The van der Waals surface area contributed by atoms with Crippen molar-refractivity contribution in [1.29, 1.82) is 0 Å². The van der Waals surface area contributed by atoms with Crippen molar-refractivity contribution in [3.05, 3.63) is 81.9 Å². The van der Waals surface area contributed by atoms with Gasteiger partial charge < -0.3 is 9.80 Å². The van der Waals surface area contributed by atoms with Crippen molar-refractivity contribution in [3.8, 4) is 0 Å². The van der Waals surface area contributed by atoms with Crippen LogP contribution in [0.1, 0.15) is 42.1 Å². The summed E-state index contributed by atoms with van der Waals surface area (Å²) in [6, 6.07) is 15.3. The lowest BCUT2D eigenvalue weighted by Gasteiger charge is -2.35. The molecule has 3 aromatic rings. The van der Waals surface area contributed by atoms with Crippen LogP contribution in [0, 0.1) is 10.1 Å². The van der Waals surface area contributed by atoms with E-state index in [1.54, 1.807) is 34.1 Å². The molecule has 0 aliphatic carbocycles. The van der Waals surface area contributed by atoms with Crippen LogP contribution in [0.15, 0.2) is 60.7 Å². The number of carbonyl (C=O) groups is 3. The number of amides is 4. The minimum Gasteiger partial charge on any atom is -0.331 e. The summed E-state index contributed by atoms with van der Waals surface area (Å²) >= 11 is 0. The summed E-state index contributed by atoms with van der Waals surface area (Å²) in [6.07, 6.45) is 3.74. The Bertz CT molecular complexity index is 1450. The first-order chi connectivity index (χ1) is 17.9. The molecule has 0 N–H and O–H groups in total. The van der Waals surface area contributed by atoms with Gasteiger partial charge in [0.15, 0.2) is 0 Å². The monoisotopic (exact) mass is 498 g/mol. The lowest BCUT2D eigenvalue weighted by Crippen LogP contribution is -2.54. The van der Waals surface area contributed by atoms with Crippen LogP contribution in [0.25, 0.3) is 10.8 Å². The number of anilines is 1. The number of hydrogen-bond donors (Lipinski definition) is 0. The number of piperazine rings is 1. The molecule has 3 saturated heterocycles. The van der Waals surface area contributed by atoms with E-state index in [9.17, 15) is 24.5 Å². The van der Waals surface area contributed by atoms with Gasteiger partial charge in [-0.25, -0.2) is 9.69 Å². The number of hydrogen-bond acceptors (Lipinski definition) is 5. The highest BCUT2D eigenvalue weighted by Crippen LogP contribution is 2.44. The van der Waals surface area contributed by atoms with Crippen LogP contribution in [-0.4, -0.2) is 57.2 Å². The molecule has 37 heavy (non-hydrogen) atoms. The van der Waals surface area contributed by atoms with E-state index in [4.69, 9.17) is 0 Å². The highest BCUT2D eigenvalue weighted by molar-refractivity contribution is 6.25. The summed E-state index contributed by atoms with van der Waals surface area (Å²) in [7, 11) is 0. The van der Waals surface area contributed by atoms with E-state index in [1.807, 2.05) is 24.3 Å². The third-order valence-corrected chi connectivity index (χ3v) is 7.86. The van der Waals surface area contributed by atoms with E-state index >= 15 is 0 Å². The average Bonchev–Trinajstić information content (AvgIpc) is 3.58. The second kappa shape index (κ2) is 8.69. The molecule has 0 spiro atoms. The van der Waals surface area contributed by atoms with Crippen molar-refractivity contribution in [2.24, 2.45) is 0 Å². The van der Waals surface area contributed by atoms with Crippen LogP contribution in [0.5, 0.6) is 0 Å². The molecule has 9 heteroatoms. The minimum absolute atomic E-state index is 0.0866. The van der Waals surface area contributed by atoms with Crippen LogP contribution in [0.3, 0.4) is 0 Å². The van der Waals surface area contributed by atoms with Crippen molar-refractivity contribution in [2.75, 3.05) is 11.4 Å². The quantitative estimate of drug-likeness (QED) is 0.282. The second-order valence-electron chi connectivity index (χ2n) is 9.93. The Hall–Kier alpha value is -4.27. The van der Waals surface area contributed by atoms with Crippen molar-refractivity contribution in [3.63, 3.8) is 0 Å². The van der Waals surface area contributed by atoms with Gasteiger partial charge in [-0.15, -0.1) is 0 Å². The first-order valence-electron chi connectivity index (χ1n) is 12.6. The molecule has 3 atom stereocenters. The van der Waals surface area contributed by atoms with Gasteiger partial charge in [-0.05, 0) is 49.1 Å². The standard InChI is InChI=1S/C28H26N4O5/c1-2-3-6-17-9-11-18(12-10-17)26(33)29-16-19-15-24(29)25-27(34)31(28(35)30(19)25)22-13-14-23(32(36)37)21-8-5-4-7-20(21)22/h4-5,7-14,19,24-25H,2-3,6,15-16H2,1H3. The second-order valence-corrected chi connectivity index (χ2v) is 9.93. The zero-order valence-corrected chi connectivity index (χ0v) is 20.4. The number of aryl methyl sites for hydroxylation is 1. The number of fused-ring (bicyclic) bond motifs is 6. The molecule has 0 radical (unpaired) electrons. The van der Waals surface area contributed by atoms with Crippen LogP contribution < -0.4 is 4.90 Å². The van der Waals surface area contributed by atoms with Crippen LogP contribution in [-0.2, 0) is 11.2 Å². The predicted octanol–water partition coefficient (Wildman–Crippen LogP) is 4.52. The maximum absolute atomic E-state index is 13.7. The van der Waals surface area contributed by atoms with Gasteiger partial charge in [0.05, 0.1) is 28.1 Å². The first-order valence-corrected chi connectivity index (χ1v) is 12.6.